The molecule has 2 rings (SSSR count). The monoisotopic (exact) mass is 281 g/mol. The summed E-state index contributed by atoms with van der Waals surface area (Å²) in [4.78, 5) is 10.9. The molecular formula is C15H20FNO3. The number of benzene rings is 1. The molecule has 3 N–H and O–H groups in total. The molecule has 0 aromatic heterocycles. The zero-order valence-electron chi connectivity index (χ0n) is 11.3. The molecule has 0 radical (unpaired) electrons. The largest absolute Gasteiger partial charge is 0.481 e. The molecule has 5 heteroatoms. The van der Waals surface area contributed by atoms with E-state index in [1.54, 1.807) is 18.2 Å². The molecule has 0 unspecified atom stereocenters. The zero-order valence-corrected chi connectivity index (χ0v) is 11.3. The normalized spacial score (nSPS) is 26.4. The van der Waals surface area contributed by atoms with E-state index < -0.39 is 11.6 Å². The van der Waals surface area contributed by atoms with E-state index in [0.29, 0.717) is 44.3 Å². The second-order valence-corrected chi connectivity index (χ2v) is 5.53. The summed E-state index contributed by atoms with van der Waals surface area (Å²) in [5.41, 5.74) is -0.313. The first-order valence-corrected chi connectivity index (χ1v) is 6.89. The molecule has 0 saturated heterocycles. The molecule has 0 spiro atoms. The standard InChI is InChI=1S/C15H20FNO3/c16-13-4-2-1-3-12(13)9-17-10-15(20)7-5-11(6-8-15)14(18)19/h1-4,11,17,20H,5-10H2,(H,18,19). The molecule has 1 aliphatic rings. The van der Waals surface area contributed by atoms with Gasteiger partial charge in [0.1, 0.15) is 5.82 Å². The van der Waals surface area contributed by atoms with Gasteiger partial charge in [-0.05, 0) is 31.7 Å². The van der Waals surface area contributed by atoms with Gasteiger partial charge in [-0.3, -0.25) is 4.79 Å². The van der Waals surface area contributed by atoms with E-state index >= 15 is 0 Å². The van der Waals surface area contributed by atoms with E-state index in [2.05, 4.69) is 5.32 Å². The Morgan fingerprint density at radius 3 is 2.60 bits per heavy atom. The van der Waals surface area contributed by atoms with Crippen molar-refractivity contribution in [3.05, 3.63) is 35.6 Å². The van der Waals surface area contributed by atoms with Gasteiger partial charge in [0.25, 0.3) is 0 Å². The SMILES string of the molecule is O=C(O)C1CCC(O)(CNCc2ccccc2F)CC1. The second kappa shape index (κ2) is 6.33. The number of carboxylic acids is 1. The quantitative estimate of drug-likeness (QED) is 0.771. The molecule has 20 heavy (non-hydrogen) atoms. The van der Waals surface area contributed by atoms with Gasteiger partial charge in [0.15, 0.2) is 0 Å². The van der Waals surface area contributed by atoms with Crippen molar-refractivity contribution < 1.29 is 19.4 Å². The Hall–Kier alpha value is -1.46. The van der Waals surface area contributed by atoms with Crippen molar-refractivity contribution in [1.82, 2.24) is 5.32 Å². The van der Waals surface area contributed by atoms with Crippen LogP contribution in [0, 0.1) is 11.7 Å². The third-order valence-corrected chi connectivity index (χ3v) is 3.99. The molecule has 1 aromatic carbocycles. The number of carbonyl (C=O) groups is 1. The topological polar surface area (TPSA) is 69.6 Å². The smallest absolute Gasteiger partial charge is 0.306 e. The molecule has 0 atom stereocenters. The number of nitrogens with one attached hydrogen (secondary N) is 1. The fourth-order valence-electron chi connectivity index (χ4n) is 2.65. The summed E-state index contributed by atoms with van der Waals surface area (Å²) in [6, 6.07) is 6.52. The van der Waals surface area contributed by atoms with E-state index in [1.807, 2.05) is 0 Å². The lowest BCUT2D eigenvalue weighted by Crippen LogP contribution is -2.44. The van der Waals surface area contributed by atoms with Gasteiger partial charge < -0.3 is 15.5 Å². The summed E-state index contributed by atoms with van der Waals surface area (Å²) in [5, 5.41) is 22.4. The maximum Gasteiger partial charge on any atom is 0.306 e. The van der Waals surface area contributed by atoms with Crippen LogP contribution in [0.2, 0.25) is 0 Å². The minimum atomic E-state index is -0.878. The molecule has 1 aliphatic carbocycles. The van der Waals surface area contributed by atoms with Crippen LogP contribution in [0.1, 0.15) is 31.2 Å². The van der Waals surface area contributed by atoms with Gasteiger partial charge in [-0.2, -0.15) is 0 Å². The third kappa shape index (κ3) is 3.77. The predicted molar refractivity (Wildman–Crippen MR) is 72.7 cm³/mol. The molecule has 1 saturated carbocycles. The van der Waals surface area contributed by atoms with Crippen molar-refractivity contribution in [3.8, 4) is 0 Å². The van der Waals surface area contributed by atoms with E-state index in [0.717, 1.165) is 0 Å². The summed E-state index contributed by atoms with van der Waals surface area (Å²) in [7, 11) is 0. The first-order valence-electron chi connectivity index (χ1n) is 6.89. The number of halogens is 1. The number of hydrogen-bond donors (Lipinski definition) is 3. The Morgan fingerprint density at radius 2 is 2.00 bits per heavy atom. The van der Waals surface area contributed by atoms with Crippen molar-refractivity contribution >= 4 is 5.97 Å². The molecule has 0 bridgehead atoms. The van der Waals surface area contributed by atoms with Crippen LogP contribution in [0.3, 0.4) is 0 Å². The van der Waals surface area contributed by atoms with Crippen LogP contribution >= 0.6 is 0 Å². The molecule has 1 fully saturated rings. The van der Waals surface area contributed by atoms with Crippen LogP contribution in [0.15, 0.2) is 24.3 Å². The van der Waals surface area contributed by atoms with E-state index in [4.69, 9.17) is 5.11 Å². The Morgan fingerprint density at radius 1 is 1.35 bits per heavy atom. The summed E-state index contributed by atoms with van der Waals surface area (Å²) in [6.45, 7) is 0.713. The fourth-order valence-corrected chi connectivity index (χ4v) is 2.65. The summed E-state index contributed by atoms with van der Waals surface area (Å²) >= 11 is 0. The van der Waals surface area contributed by atoms with Crippen LogP contribution in [0.4, 0.5) is 4.39 Å². The molecule has 110 valence electrons. The Kier molecular flexibility index (Phi) is 4.73. The summed E-state index contributed by atoms with van der Waals surface area (Å²) in [5.74, 6) is -1.39. The zero-order chi connectivity index (χ0) is 14.6. The first kappa shape index (κ1) is 14.9. The number of hydrogen-bond acceptors (Lipinski definition) is 3. The Labute approximate surface area is 117 Å². The highest BCUT2D eigenvalue weighted by atomic mass is 19.1. The van der Waals surface area contributed by atoms with Crippen LogP contribution < -0.4 is 5.32 Å². The Balaban J connectivity index is 1.80. The molecule has 4 nitrogen and oxygen atoms in total. The van der Waals surface area contributed by atoms with Gasteiger partial charge in [-0.15, -0.1) is 0 Å². The van der Waals surface area contributed by atoms with Crippen molar-refractivity contribution in [3.63, 3.8) is 0 Å². The molecule has 0 amide bonds. The fraction of sp³-hybridized carbons (Fsp3) is 0.533. The average molecular weight is 281 g/mol. The van der Waals surface area contributed by atoms with Crippen molar-refractivity contribution in [2.24, 2.45) is 5.92 Å². The molecule has 1 aromatic rings. The highest BCUT2D eigenvalue weighted by Gasteiger charge is 2.35. The summed E-state index contributed by atoms with van der Waals surface area (Å²) < 4.78 is 13.4. The van der Waals surface area contributed by atoms with Gasteiger partial charge in [-0.25, -0.2) is 4.39 Å². The second-order valence-electron chi connectivity index (χ2n) is 5.53. The number of rotatable bonds is 5. The van der Waals surface area contributed by atoms with Crippen LogP contribution in [0.25, 0.3) is 0 Å². The van der Waals surface area contributed by atoms with Gasteiger partial charge in [-0.1, -0.05) is 18.2 Å². The highest BCUT2D eigenvalue weighted by molar-refractivity contribution is 5.70. The lowest BCUT2D eigenvalue weighted by atomic mass is 9.79. The van der Waals surface area contributed by atoms with Crippen molar-refractivity contribution in [2.45, 2.75) is 37.8 Å². The molecule has 0 heterocycles. The average Bonchev–Trinajstić information content (AvgIpc) is 2.41. The minimum Gasteiger partial charge on any atom is -0.481 e. The van der Waals surface area contributed by atoms with E-state index in [9.17, 15) is 14.3 Å². The van der Waals surface area contributed by atoms with Crippen molar-refractivity contribution in [1.29, 1.82) is 0 Å². The van der Waals surface area contributed by atoms with Gasteiger partial charge in [0.2, 0.25) is 0 Å². The van der Waals surface area contributed by atoms with Gasteiger partial charge in [0, 0.05) is 18.7 Å². The number of aliphatic carboxylic acids is 1. The van der Waals surface area contributed by atoms with Gasteiger partial charge in [0.05, 0.1) is 11.5 Å². The number of aliphatic hydroxyl groups is 1. The maximum atomic E-state index is 13.4. The van der Waals surface area contributed by atoms with Crippen LogP contribution in [-0.4, -0.2) is 28.3 Å². The minimum absolute atomic E-state index is 0.262. The number of carboxylic acid groups (broad SMARTS) is 1. The Bertz CT molecular complexity index is 470. The maximum absolute atomic E-state index is 13.4. The highest BCUT2D eigenvalue weighted by Crippen LogP contribution is 2.31. The summed E-state index contributed by atoms with van der Waals surface area (Å²) in [6.07, 6.45) is 1.92. The van der Waals surface area contributed by atoms with E-state index in [1.165, 1.54) is 6.07 Å². The van der Waals surface area contributed by atoms with Crippen LogP contribution in [0.5, 0.6) is 0 Å². The molecular weight excluding hydrogens is 261 g/mol. The van der Waals surface area contributed by atoms with Crippen molar-refractivity contribution in [2.75, 3.05) is 6.54 Å². The molecule has 0 aliphatic heterocycles. The predicted octanol–water partition coefficient (Wildman–Crippen LogP) is 1.92. The lowest BCUT2D eigenvalue weighted by Gasteiger charge is -2.34. The van der Waals surface area contributed by atoms with Gasteiger partial charge >= 0.3 is 5.97 Å². The lowest BCUT2D eigenvalue weighted by molar-refractivity contribution is -0.144. The van der Waals surface area contributed by atoms with Crippen LogP contribution in [-0.2, 0) is 11.3 Å². The first-order chi connectivity index (χ1) is 9.50. The van der Waals surface area contributed by atoms with E-state index in [-0.39, 0.29) is 11.7 Å². The third-order valence-electron chi connectivity index (χ3n) is 3.99.